The molecule has 1 saturated carbocycles. The second kappa shape index (κ2) is 8.30. The summed E-state index contributed by atoms with van der Waals surface area (Å²) >= 11 is 1.68. The first-order chi connectivity index (χ1) is 9.04. The van der Waals surface area contributed by atoms with Gasteiger partial charge in [0.25, 0.3) is 0 Å². The Morgan fingerprint density at radius 3 is 2.68 bits per heavy atom. The Morgan fingerprint density at radius 1 is 1.37 bits per heavy atom. The summed E-state index contributed by atoms with van der Waals surface area (Å²) in [5, 5.41) is 14.8. The zero-order valence-electron chi connectivity index (χ0n) is 11.6. The Labute approximate surface area is 118 Å². The predicted octanol–water partition coefficient (Wildman–Crippen LogP) is 1.93. The molecule has 6 heteroatoms. The Balaban J connectivity index is 2.33. The van der Waals surface area contributed by atoms with Crippen molar-refractivity contribution in [2.24, 2.45) is 11.8 Å². The zero-order valence-corrected chi connectivity index (χ0v) is 12.5. The van der Waals surface area contributed by atoms with Gasteiger partial charge in [-0.3, -0.25) is 4.79 Å². The number of hydrogen-bond donors (Lipinski definition) is 3. The van der Waals surface area contributed by atoms with Crippen LogP contribution in [0.2, 0.25) is 0 Å². The molecule has 19 heavy (non-hydrogen) atoms. The van der Waals surface area contributed by atoms with E-state index in [0.717, 1.165) is 31.4 Å². The third-order valence-electron chi connectivity index (χ3n) is 3.55. The van der Waals surface area contributed by atoms with Crippen LogP contribution in [0.3, 0.4) is 0 Å². The number of carboxylic acids is 1. The smallest absolute Gasteiger partial charge is 0.315 e. The third-order valence-corrected chi connectivity index (χ3v) is 4.38. The van der Waals surface area contributed by atoms with Crippen LogP contribution >= 0.6 is 11.8 Å². The lowest BCUT2D eigenvalue weighted by atomic mass is 9.79. The van der Waals surface area contributed by atoms with Crippen LogP contribution in [-0.4, -0.2) is 41.7 Å². The van der Waals surface area contributed by atoms with Crippen LogP contribution in [0.25, 0.3) is 0 Å². The molecule has 1 aliphatic carbocycles. The van der Waals surface area contributed by atoms with Crippen molar-refractivity contribution < 1.29 is 14.7 Å². The number of urea groups is 1. The van der Waals surface area contributed by atoms with E-state index in [1.165, 1.54) is 0 Å². The van der Waals surface area contributed by atoms with Gasteiger partial charge >= 0.3 is 12.0 Å². The molecule has 110 valence electrons. The van der Waals surface area contributed by atoms with Crippen molar-refractivity contribution in [1.29, 1.82) is 0 Å². The zero-order chi connectivity index (χ0) is 14.3. The molecule has 5 nitrogen and oxygen atoms in total. The van der Waals surface area contributed by atoms with Crippen molar-refractivity contribution in [3.63, 3.8) is 0 Å². The van der Waals surface area contributed by atoms with Crippen LogP contribution in [-0.2, 0) is 4.79 Å². The molecule has 0 aromatic rings. The van der Waals surface area contributed by atoms with Crippen molar-refractivity contribution in [3.8, 4) is 0 Å². The number of thioether (sulfide) groups is 1. The van der Waals surface area contributed by atoms with Gasteiger partial charge in [-0.1, -0.05) is 12.8 Å². The van der Waals surface area contributed by atoms with Gasteiger partial charge in [0.15, 0.2) is 0 Å². The van der Waals surface area contributed by atoms with Gasteiger partial charge in [0, 0.05) is 18.3 Å². The molecular formula is C13H24N2O3S. The summed E-state index contributed by atoms with van der Waals surface area (Å²) in [6, 6.07) is -0.0760. The molecule has 3 atom stereocenters. The number of nitrogens with one attached hydrogen (secondary N) is 2. The van der Waals surface area contributed by atoms with E-state index in [9.17, 15) is 9.59 Å². The molecule has 3 unspecified atom stereocenters. The Morgan fingerprint density at radius 2 is 2.05 bits per heavy atom. The first kappa shape index (κ1) is 16.1. The Kier molecular flexibility index (Phi) is 7.05. The molecule has 2 amide bonds. The highest BCUT2D eigenvalue weighted by atomic mass is 32.2. The van der Waals surface area contributed by atoms with Gasteiger partial charge in [-0.25, -0.2) is 4.79 Å². The molecule has 0 heterocycles. The molecule has 0 saturated heterocycles. The SMILES string of the molecule is CSCC(C)NC(=O)NCC1CCCCC1C(=O)O. The van der Waals surface area contributed by atoms with Crippen LogP contribution in [0.1, 0.15) is 32.6 Å². The molecule has 1 rings (SSSR count). The minimum atomic E-state index is -0.734. The first-order valence-electron chi connectivity index (χ1n) is 6.80. The molecular weight excluding hydrogens is 264 g/mol. The van der Waals surface area contributed by atoms with Crippen molar-refractivity contribution >= 4 is 23.8 Å². The number of carbonyl (C=O) groups excluding carboxylic acids is 1. The number of amides is 2. The fourth-order valence-electron chi connectivity index (χ4n) is 2.57. The largest absolute Gasteiger partial charge is 0.481 e. The lowest BCUT2D eigenvalue weighted by Crippen LogP contribution is -2.45. The highest BCUT2D eigenvalue weighted by molar-refractivity contribution is 7.98. The predicted molar refractivity (Wildman–Crippen MR) is 77.5 cm³/mol. The van der Waals surface area contributed by atoms with Crippen LogP contribution in [0.5, 0.6) is 0 Å². The fourth-order valence-corrected chi connectivity index (χ4v) is 3.15. The van der Waals surface area contributed by atoms with E-state index in [1.807, 2.05) is 13.2 Å². The van der Waals surface area contributed by atoms with E-state index in [-0.39, 0.29) is 23.9 Å². The lowest BCUT2D eigenvalue weighted by Gasteiger charge is -2.28. The van der Waals surface area contributed by atoms with Gasteiger partial charge in [-0.15, -0.1) is 0 Å². The summed E-state index contributed by atoms with van der Waals surface area (Å²) in [5.74, 6) is -0.109. The highest BCUT2D eigenvalue weighted by Crippen LogP contribution is 2.29. The second-order valence-electron chi connectivity index (χ2n) is 5.20. The summed E-state index contributed by atoms with van der Waals surface area (Å²) in [6.45, 7) is 2.41. The fraction of sp³-hybridized carbons (Fsp3) is 0.846. The monoisotopic (exact) mass is 288 g/mol. The van der Waals surface area contributed by atoms with Gasteiger partial charge in [0.2, 0.25) is 0 Å². The molecule has 0 radical (unpaired) electrons. The molecule has 1 fully saturated rings. The van der Waals surface area contributed by atoms with Gasteiger partial charge in [-0.2, -0.15) is 11.8 Å². The third kappa shape index (κ3) is 5.72. The number of carbonyl (C=O) groups is 2. The van der Waals surface area contributed by atoms with Gasteiger partial charge in [-0.05, 0) is 31.9 Å². The second-order valence-corrected chi connectivity index (χ2v) is 6.11. The lowest BCUT2D eigenvalue weighted by molar-refractivity contribution is -0.144. The average Bonchev–Trinajstić information content (AvgIpc) is 2.36. The van der Waals surface area contributed by atoms with E-state index < -0.39 is 5.97 Å². The summed E-state index contributed by atoms with van der Waals surface area (Å²) in [6.07, 6.45) is 5.64. The maximum atomic E-state index is 11.7. The number of rotatable bonds is 6. The highest BCUT2D eigenvalue weighted by Gasteiger charge is 2.30. The van der Waals surface area contributed by atoms with Crippen molar-refractivity contribution in [2.75, 3.05) is 18.6 Å². The Hall–Kier alpha value is -0.910. The summed E-state index contributed by atoms with van der Waals surface area (Å²) in [4.78, 5) is 22.8. The molecule has 0 bridgehead atoms. The maximum Gasteiger partial charge on any atom is 0.315 e. The number of aliphatic carboxylic acids is 1. The van der Waals surface area contributed by atoms with Gasteiger partial charge < -0.3 is 15.7 Å². The molecule has 0 aromatic carbocycles. The quantitative estimate of drug-likeness (QED) is 0.698. The summed E-state index contributed by atoms with van der Waals surface area (Å²) in [5.41, 5.74) is 0. The topological polar surface area (TPSA) is 78.4 Å². The normalized spacial score (nSPS) is 24.5. The standard InChI is InChI=1S/C13H24N2O3S/c1-9(8-19-2)15-13(18)14-7-10-5-3-4-6-11(10)12(16)17/h9-11H,3-8H2,1-2H3,(H,16,17)(H2,14,15,18). The van der Waals surface area contributed by atoms with Crippen LogP contribution in [0.4, 0.5) is 4.79 Å². The molecule has 1 aliphatic rings. The van der Waals surface area contributed by atoms with Gasteiger partial charge in [0.05, 0.1) is 5.92 Å². The van der Waals surface area contributed by atoms with Crippen LogP contribution in [0, 0.1) is 11.8 Å². The maximum absolute atomic E-state index is 11.7. The van der Waals surface area contributed by atoms with E-state index in [4.69, 9.17) is 5.11 Å². The van der Waals surface area contributed by atoms with Gasteiger partial charge in [0.1, 0.15) is 0 Å². The van der Waals surface area contributed by atoms with E-state index >= 15 is 0 Å². The van der Waals surface area contributed by atoms with E-state index in [0.29, 0.717) is 6.54 Å². The van der Waals surface area contributed by atoms with Crippen molar-refractivity contribution in [3.05, 3.63) is 0 Å². The molecule has 0 spiro atoms. The Bertz CT molecular complexity index is 312. The van der Waals surface area contributed by atoms with E-state index in [2.05, 4.69) is 10.6 Å². The minimum Gasteiger partial charge on any atom is -0.481 e. The first-order valence-corrected chi connectivity index (χ1v) is 8.20. The number of carboxylic acid groups (broad SMARTS) is 1. The molecule has 0 aromatic heterocycles. The summed E-state index contributed by atoms with van der Waals surface area (Å²) in [7, 11) is 0. The molecule has 3 N–H and O–H groups in total. The summed E-state index contributed by atoms with van der Waals surface area (Å²) < 4.78 is 0. The average molecular weight is 288 g/mol. The number of hydrogen-bond acceptors (Lipinski definition) is 3. The van der Waals surface area contributed by atoms with E-state index in [1.54, 1.807) is 11.8 Å². The van der Waals surface area contributed by atoms with Crippen LogP contribution < -0.4 is 10.6 Å². The molecule has 0 aliphatic heterocycles. The van der Waals surface area contributed by atoms with Crippen molar-refractivity contribution in [1.82, 2.24) is 10.6 Å². The van der Waals surface area contributed by atoms with Crippen LogP contribution in [0.15, 0.2) is 0 Å². The van der Waals surface area contributed by atoms with Crippen molar-refractivity contribution in [2.45, 2.75) is 38.6 Å². The minimum absolute atomic E-state index is 0.0628.